The Bertz CT molecular complexity index is 995. The highest BCUT2D eigenvalue weighted by Crippen LogP contribution is 2.28. The first-order valence-electron chi connectivity index (χ1n) is 7.18. The van der Waals surface area contributed by atoms with Crippen LogP contribution in [0.5, 0.6) is 0 Å². The largest absolute Gasteiger partial charge is 0.360 e. The van der Waals surface area contributed by atoms with Gasteiger partial charge in [-0.15, -0.1) is 0 Å². The number of benzene rings is 1. The summed E-state index contributed by atoms with van der Waals surface area (Å²) in [5.74, 6) is 1.40. The van der Waals surface area contributed by atoms with Gasteiger partial charge in [0.15, 0.2) is 5.65 Å². The Morgan fingerprint density at radius 3 is 2.88 bits per heavy atom. The second-order valence-electron chi connectivity index (χ2n) is 5.16. The quantitative estimate of drug-likeness (QED) is 0.406. The Labute approximate surface area is 146 Å². The van der Waals surface area contributed by atoms with E-state index in [9.17, 15) is 0 Å². The van der Waals surface area contributed by atoms with Gasteiger partial charge in [-0.05, 0) is 12.1 Å². The van der Waals surface area contributed by atoms with Crippen LogP contribution >= 0.6 is 23.4 Å². The molecule has 0 saturated carbocycles. The van der Waals surface area contributed by atoms with Crippen LogP contribution in [-0.4, -0.2) is 24.9 Å². The van der Waals surface area contributed by atoms with E-state index in [1.165, 1.54) is 0 Å². The fourth-order valence-electron chi connectivity index (χ4n) is 2.33. The number of aromatic nitrogens is 5. The summed E-state index contributed by atoms with van der Waals surface area (Å²) in [4.78, 5) is 8.57. The van der Waals surface area contributed by atoms with Crippen LogP contribution in [0.1, 0.15) is 5.76 Å². The van der Waals surface area contributed by atoms with Crippen molar-refractivity contribution in [3.63, 3.8) is 0 Å². The van der Waals surface area contributed by atoms with Gasteiger partial charge in [-0.1, -0.05) is 40.7 Å². The van der Waals surface area contributed by atoms with Crippen molar-refractivity contribution in [1.29, 1.82) is 0 Å². The molecule has 0 N–H and O–H groups in total. The third-order valence-corrected chi connectivity index (χ3v) is 4.82. The molecule has 4 aromatic rings. The molecule has 0 amide bonds. The van der Waals surface area contributed by atoms with Gasteiger partial charge in [0.25, 0.3) is 0 Å². The molecule has 0 atom stereocenters. The molecular weight excluding hydrogens is 346 g/mol. The predicted octanol–water partition coefficient (Wildman–Crippen LogP) is 3.96. The summed E-state index contributed by atoms with van der Waals surface area (Å²) in [5.41, 5.74) is 2.57. The Kier molecular flexibility index (Phi) is 3.95. The molecule has 1 aromatic carbocycles. The van der Waals surface area contributed by atoms with Crippen LogP contribution in [0.3, 0.4) is 0 Å². The molecule has 0 aliphatic carbocycles. The zero-order valence-corrected chi connectivity index (χ0v) is 14.3. The minimum Gasteiger partial charge on any atom is -0.360 e. The lowest BCUT2D eigenvalue weighted by molar-refractivity contribution is 0.397. The first kappa shape index (κ1) is 15.2. The maximum Gasteiger partial charge on any atom is 0.162 e. The van der Waals surface area contributed by atoms with Gasteiger partial charge >= 0.3 is 0 Å². The van der Waals surface area contributed by atoms with Crippen LogP contribution in [-0.2, 0) is 12.8 Å². The van der Waals surface area contributed by atoms with E-state index in [-0.39, 0.29) is 0 Å². The van der Waals surface area contributed by atoms with Crippen molar-refractivity contribution in [2.45, 2.75) is 10.8 Å². The third-order valence-electron chi connectivity index (χ3n) is 3.54. The standard InChI is InChI=1S/C16H12ClN5OS/c1-22-15-13(7-20-22)16(19-9-18-15)24-8-12-6-14(21-23-12)10-2-4-11(17)5-3-10/h2-7,9H,8H2,1H3. The molecule has 0 aliphatic rings. The lowest BCUT2D eigenvalue weighted by Gasteiger charge is -1.99. The number of thioether (sulfide) groups is 1. The first-order chi connectivity index (χ1) is 11.7. The Balaban J connectivity index is 1.53. The van der Waals surface area contributed by atoms with Crippen molar-refractivity contribution < 1.29 is 4.52 Å². The third kappa shape index (κ3) is 2.88. The van der Waals surface area contributed by atoms with Gasteiger partial charge < -0.3 is 4.52 Å². The van der Waals surface area contributed by atoms with Crippen molar-refractivity contribution in [2.24, 2.45) is 7.05 Å². The minimum atomic E-state index is 0.627. The smallest absolute Gasteiger partial charge is 0.162 e. The molecule has 0 spiro atoms. The van der Waals surface area contributed by atoms with E-state index < -0.39 is 0 Å². The SMILES string of the molecule is Cn1ncc2c(SCc3cc(-c4ccc(Cl)cc4)no3)ncnc21. The van der Waals surface area contributed by atoms with E-state index in [2.05, 4.69) is 20.2 Å². The average molecular weight is 358 g/mol. The van der Waals surface area contributed by atoms with Crippen LogP contribution in [0.2, 0.25) is 5.02 Å². The molecule has 8 heteroatoms. The number of hydrogen-bond acceptors (Lipinski definition) is 6. The molecule has 3 heterocycles. The van der Waals surface area contributed by atoms with E-state index >= 15 is 0 Å². The molecule has 0 saturated heterocycles. The van der Waals surface area contributed by atoms with Crippen LogP contribution in [0.4, 0.5) is 0 Å². The Morgan fingerprint density at radius 1 is 1.21 bits per heavy atom. The van der Waals surface area contributed by atoms with Crippen molar-refractivity contribution in [3.8, 4) is 11.3 Å². The van der Waals surface area contributed by atoms with Crippen molar-refractivity contribution in [2.75, 3.05) is 0 Å². The normalized spacial score (nSPS) is 11.2. The summed E-state index contributed by atoms with van der Waals surface area (Å²) < 4.78 is 7.15. The molecule has 24 heavy (non-hydrogen) atoms. The van der Waals surface area contributed by atoms with Crippen molar-refractivity contribution >= 4 is 34.4 Å². The lowest BCUT2D eigenvalue weighted by atomic mass is 10.1. The highest BCUT2D eigenvalue weighted by atomic mass is 35.5. The van der Waals surface area contributed by atoms with Gasteiger partial charge in [-0.2, -0.15) is 5.10 Å². The molecule has 0 fully saturated rings. The maximum absolute atomic E-state index is 5.91. The van der Waals surface area contributed by atoms with Crippen LogP contribution < -0.4 is 0 Å². The molecule has 120 valence electrons. The summed E-state index contributed by atoms with van der Waals surface area (Å²) in [5, 5.41) is 10.8. The Morgan fingerprint density at radius 2 is 2.04 bits per heavy atom. The summed E-state index contributed by atoms with van der Waals surface area (Å²) in [6.07, 6.45) is 3.32. The average Bonchev–Trinajstić information content (AvgIpc) is 3.21. The summed E-state index contributed by atoms with van der Waals surface area (Å²) in [6, 6.07) is 9.43. The minimum absolute atomic E-state index is 0.627. The number of rotatable bonds is 4. The number of fused-ring (bicyclic) bond motifs is 1. The molecule has 3 aromatic heterocycles. The zero-order valence-electron chi connectivity index (χ0n) is 12.7. The van der Waals surface area contributed by atoms with Gasteiger partial charge in [-0.3, -0.25) is 4.68 Å². The van der Waals surface area contributed by atoms with Crippen molar-refractivity contribution in [1.82, 2.24) is 24.9 Å². The maximum atomic E-state index is 5.91. The summed E-state index contributed by atoms with van der Waals surface area (Å²) >= 11 is 7.47. The van der Waals surface area contributed by atoms with Crippen LogP contribution in [0.25, 0.3) is 22.3 Å². The van der Waals surface area contributed by atoms with Crippen molar-refractivity contribution in [3.05, 3.63) is 53.6 Å². The fraction of sp³-hybridized carbons (Fsp3) is 0.125. The fourth-order valence-corrected chi connectivity index (χ4v) is 3.29. The lowest BCUT2D eigenvalue weighted by Crippen LogP contribution is -1.92. The van der Waals surface area contributed by atoms with Gasteiger partial charge in [0.2, 0.25) is 0 Å². The highest BCUT2D eigenvalue weighted by molar-refractivity contribution is 7.98. The number of halogens is 1. The zero-order chi connectivity index (χ0) is 16.5. The van der Waals surface area contributed by atoms with E-state index in [0.717, 1.165) is 33.1 Å². The Hall–Kier alpha value is -2.38. The molecule has 0 unspecified atom stereocenters. The summed E-state index contributed by atoms with van der Waals surface area (Å²) in [7, 11) is 1.86. The van der Waals surface area contributed by atoms with Crippen LogP contribution in [0.15, 0.2) is 52.4 Å². The number of aryl methyl sites for hydroxylation is 1. The van der Waals surface area contributed by atoms with E-state index in [1.54, 1.807) is 29.0 Å². The molecule has 0 radical (unpaired) electrons. The molecule has 0 aliphatic heterocycles. The van der Waals surface area contributed by atoms with E-state index in [4.69, 9.17) is 16.1 Å². The molecule has 0 bridgehead atoms. The van der Waals surface area contributed by atoms with E-state index in [0.29, 0.717) is 10.8 Å². The predicted molar refractivity (Wildman–Crippen MR) is 92.8 cm³/mol. The molecule has 4 rings (SSSR count). The van der Waals surface area contributed by atoms with E-state index in [1.807, 2.05) is 37.4 Å². The molecule has 6 nitrogen and oxygen atoms in total. The van der Waals surface area contributed by atoms with Gasteiger partial charge in [0.1, 0.15) is 22.8 Å². The number of nitrogens with zero attached hydrogens (tertiary/aromatic N) is 5. The highest BCUT2D eigenvalue weighted by Gasteiger charge is 2.11. The monoisotopic (exact) mass is 357 g/mol. The topological polar surface area (TPSA) is 69.6 Å². The van der Waals surface area contributed by atoms with Gasteiger partial charge in [0.05, 0.1) is 17.3 Å². The molecular formula is C16H12ClN5OS. The summed E-state index contributed by atoms with van der Waals surface area (Å²) in [6.45, 7) is 0. The number of hydrogen-bond donors (Lipinski definition) is 0. The first-order valence-corrected chi connectivity index (χ1v) is 8.54. The van der Waals surface area contributed by atoms with Gasteiger partial charge in [0, 0.05) is 23.7 Å². The van der Waals surface area contributed by atoms with Crippen LogP contribution in [0, 0.1) is 0 Å². The second kappa shape index (κ2) is 6.26. The van der Waals surface area contributed by atoms with Gasteiger partial charge in [-0.25, -0.2) is 9.97 Å². The second-order valence-corrected chi connectivity index (χ2v) is 6.56.